The van der Waals surface area contributed by atoms with E-state index < -0.39 is 15.4 Å². The van der Waals surface area contributed by atoms with Crippen LogP contribution >= 0.6 is 11.3 Å². The third-order valence-corrected chi connectivity index (χ3v) is 7.74. The maximum Gasteiger partial charge on any atom is 0.344 e. The summed E-state index contributed by atoms with van der Waals surface area (Å²) < 4.78 is 40.9. The summed E-state index contributed by atoms with van der Waals surface area (Å²) in [6.45, 7) is 3.92. The van der Waals surface area contributed by atoms with Gasteiger partial charge < -0.3 is 4.42 Å². The molecule has 134 valence electrons. The van der Waals surface area contributed by atoms with Gasteiger partial charge in [0.1, 0.15) is 0 Å². The zero-order chi connectivity index (χ0) is 17.8. The molecule has 0 aliphatic heterocycles. The number of thiophene rings is 1. The highest BCUT2D eigenvalue weighted by atomic mass is 32.2. The molecule has 0 saturated heterocycles. The van der Waals surface area contributed by atoms with E-state index in [0.717, 1.165) is 23.4 Å². The lowest BCUT2D eigenvalue weighted by molar-refractivity contribution is -0.682. The maximum absolute atomic E-state index is 11.3. The van der Waals surface area contributed by atoms with E-state index in [9.17, 15) is 13.0 Å². The molecule has 2 heterocycles. The minimum absolute atomic E-state index is 0.346. The van der Waals surface area contributed by atoms with Crippen LogP contribution in [0.2, 0.25) is 0 Å². The van der Waals surface area contributed by atoms with Crippen molar-refractivity contribution in [2.75, 3.05) is 0 Å². The first-order valence-electron chi connectivity index (χ1n) is 8.68. The lowest BCUT2D eigenvalue weighted by atomic mass is 9.96. The highest BCUT2D eigenvalue weighted by molar-refractivity contribution is 7.86. The molecule has 1 N–H and O–H groups in total. The Morgan fingerprint density at radius 1 is 1.32 bits per heavy atom. The summed E-state index contributed by atoms with van der Waals surface area (Å²) in [6, 6.07) is 4.31. The summed E-state index contributed by atoms with van der Waals surface area (Å²) in [4.78, 5) is 1.50. The molecule has 5 nitrogen and oxygen atoms in total. The second-order valence-electron chi connectivity index (χ2n) is 6.91. The van der Waals surface area contributed by atoms with Crippen molar-refractivity contribution in [1.82, 2.24) is 0 Å². The molecule has 25 heavy (non-hydrogen) atoms. The number of oxazole rings is 1. The van der Waals surface area contributed by atoms with Gasteiger partial charge in [-0.15, -0.1) is 11.3 Å². The minimum Gasteiger partial charge on any atom is -0.401 e. The van der Waals surface area contributed by atoms with Crippen LogP contribution < -0.4 is 4.57 Å². The Labute approximate surface area is 151 Å². The van der Waals surface area contributed by atoms with Crippen molar-refractivity contribution in [1.29, 1.82) is 0 Å². The van der Waals surface area contributed by atoms with Gasteiger partial charge in [-0.05, 0) is 38.2 Å². The van der Waals surface area contributed by atoms with Gasteiger partial charge >= 0.3 is 5.89 Å². The fraction of sp³-hybridized carbons (Fsp3) is 0.500. The number of hydrogen-bond donors (Lipinski definition) is 1. The maximum atomic E-state index is 11.3. The van der Waals surface area contributed by atoms with E-state index in [-0.39, 0.29) is 0 Å². The van der Waals surface area contributed by atoms with E-state index in [1.54, 1.807) is 0 Å². The normalized spacial score (nSPS) is 16.4. The van der Waals surface area contributed by atoms with Gasteiger partial charge in [-0.25, -0.2) is 0 Å². The first kappa shape index (κ1) is 17.0. The van der Waals surface area contributed by atoms with E-state index in [0.29, 0.717) is 13.0 Å². The van der Waals surface area contributed by atoms with Crippen LogP contribution in [0.15, 0.2) is 16.5 Å². The highest BCUT2D eigenvalue weighted by Crippen LogP contribution is 2.38. The SMILES string of the molecule is Cc1oc2cc3sc4c(c3cc2[n+]1CCC(C)S(=O)(=O)O)CCCC4. The number of hydrogen-bond acceptors (Lipinski definition) is 4. The van der Waals surface area contributed by atoms with Gasteiger partial charge in [-0.2, -0.15) is 13.0 Å². The minimum atomic E-state index is -4.00. The summed E-state index contributed by atoms with van der Waals surface area (Å²) in [6.07, 6.45) is 5.16. The third-order valence-electron chi connectivity index (χ3n) is 5.23. The molecule has 1 unspecified atom stereocenters. The van der Waals surface area contributed by atoms with Gasteiger partial charge in [0.05, 0.1) is 12.2 Å². The lowest BCUT2D eigenvalue weighted by Gasteiger charge is -2.09. The average Bonchev–Trinajstić information content (AvgIpc) is 3.05. The Morgan fingerprint density at radius 3 is 2.84 bits per heavy atom. The summed E-state index contributed by atoms with van der Waals surface area (Å²) in [5, 5.41) is 0.520. The molecule has 0 amide bonds. The molecule has 1 aliphatic carbocycles. The fourth-order valence-electron chi connectivity index (χ4n) is 3.69. The molecule has 0 spiro atoms. The molecule has 7 heteroatoms. The number of aryl methyl sites for hydroxylation is 4. The summed E-state index contributed by atoms with van der Waals surface area (Å²) in [5.41, 5.74) is 3.31. The Balaban J connectivity index is 1.77. The van der Waals surface area contributed by atoms with E-state index in [1.165, 1.54) is 46.7 Å². The van der Waals surface area contributed by atoms with Crippen LogP contribution in [0.5, 0.6) is 0 Å². The van der Waals surface area contributed by atoms with Gasteiger partial charge in [0, 0.05) is 33.5 Å². The standard InChI is InChI=1S/C18H21NO4S2/c1-11(25(20,21)22)7-8-19-12(2)23-16-10-18-14(9-15(16)19)13-5-3-4-6-17(13)24-18/h9-11H,3-8H2,1-2H3/p+1. The predicted molar refractivity (Wildman–Crippen MR) is 98.8 cm³/mol. The van der Waals surface area contributed by atoms with Gasteiger partial charge in [-0.3, -0.25) is 4.55 Å². The zero-order valence-electron chi connectivity index (χ0n) is 14.4. The van der Waals surface area contributed by atoms with Crippen molar-refractivity contribution in [2.45, 2.75) is 57.7 Å². The van der Waals surface area contributed by atoms with Crippen LogP contribution in [0.3, 0.4) is 0 Å². The van der Waals surface area contributed by atoms with Crippen LogP contribution in [0.4, 0.5) is 0 Å². The Kier molecular flexibility index (Phi) is 4.13. The Morgan fingerprint density at radius 2 is 2.08 bits per heavy atom. The first-order valence-corrected chi connectivity index (χ1v) is 11.0. The molecule has 0 radical (unpaired) electrons. The lowest BCUT2D eigenvalue weighted by Crippen LogP contribution is -2.37. The molecular formula is C18H22NO4S2+. The summed E-state index contributed by atoms with van der Waals surface area (Å²) in [5.74, 6) is 0.754. The van der Waals surface area contributed by atoms with Crippen molar-refractivity contribution in [3.63, 3.8) is 0 Å². The average molecular weight is 381 g/mol. The van der Waals surface area contributed by atoms with E-state index >= 15 is 0 Å². The quantitative estimate of drug-likeness (QED) is 0.552. The number of aromatic nitrogens is 1. The van der Waals surface area contributed by atoms with Crippen LogP contribution in [-0.4, -0.2) is 18.2 Å². The molecule has 3 aromatic rings. The molecule has 1 atom stereocenters. The molecule has 0 fully saturated rings. The predicted octanol–water partition coefficient (Wildman–Crippen LogP) is 3.79. The largest absolute Gasteiger partial charge is 0.401 e. The van der Waals surface area contributed by atoms with Gasteiger partial charge in [0.2, 0.25) is 5.58 Å². The van der Waals surface area contributed by atoms with Crippen molar-refractivity contribution in [2.24, 2.45) is 0 Å². The molecule has 1 aliphatic rings. The number of benzene rings is 1. The van der Waals surface area contributed by atoms with Crippen LogP contribution in [0.1, 0.15) is 42.5 Å². The van der Waals surface area contributed by atoms with E-state index in [2.05, 4.69) is 12.1 Å². The molecule has 0 saturated carbocycles. The highest BCUT2D eigenvalue weighted by Gasteiger charge is 2.26. The number of fused-ring (bicyclic) bond motifs is 4. The Bertz CT molecular complexity index is 1060. The van der Waals surface area contributed by atoms with Crippen molar-refractivity contribution >= 4 is 42.6 Å². The summed E-state index contributed by atoms with van der Waals surface area (Å²) in [7, 11) is -4.00. The number of nitrogens with zero attached hydrogens (tertiary/aromatic N) is 1. The van der Waals surface area contributed by atoms with Crippen LogP contribution in [-0.2, 0) is 29.5 Å². The molecule has 1 aromatic carbocycles. The van der Waals surface area contributed by atoms with Gasteiger partial charge in [0.25, 0.3) is 15.6 Å². The second-order valence-corrected chi connectivity index (χ2v) is 9.89. The smallest absolute Gasteiger partial charge is 0.344 e. The van der Waals surface area contributed by atoms with Gasteiger partial charge in [-0.1, -0.05) is 0 Å². The van der Waals surface area contributed by atoms with E-state index in [4.69, 9.17) is 4.42 Å². The topological polar surface area (TPSA) is 71.4 Å². The van der Waals surface area contributed by atoms with Crippen LogP contribution in [0, 0.1) is 6.92 Å². The second kappa shape index (κ2) is 6.07. The monoisotopic (exact) mass is 380 g/mol. The fourth-order valence-corrected chi connectivity index (χ4v) is 5.40. The Hall–Kier alpha value is -1.44. The first-order chi connectivity index (χ1) is 11.8. The van der Waals surface area contributed by atoms with Crippen LogP contribution in [0.25, 0.3) is 21.2 Å². The molecular weight excluding hydrogens is 358 g/mol. The van der Waals surface area contributed by atoms with E-state index in [1.807, 2.05) is 22.8 Å². The molecule has 2 aromatic heterocycles. The molecule has 0 bridgehead atoms. The third kappa shape index (κ3) is 2.98. The van der Waals surface area contributed by atoms with Crippen molar-refractivity contribution in [3.05, 3.63) is 28.5 Å². The number of rotatable bonds is 4. The summed E-state index contributed by atoms with van der Waals surface area (Å²) >= 11 is 1.87. The van der Waals surface area contributed by atoms with Crippen molar-refractivity contribution < 1.29 is 22.0 Å². The molecule has 4 rings (SSSR count). The zero-order valence-corrected chi connectivity index (χ0v) is 16.0. The van der Waals surface area contributed by atoms with Gasteiger partial charge in [0.15, 0.2) is 6.54 Å². The van der Waals surface area contributed by atoms with Crippen molar-refractivity contribution in [3.8, 4) is 0 Å².